The van der Waals surface area contributed by atoms with Crippen molar-refractivity contribution in [1.29, 1.82) is 0 Å². The molecule has 2 unspecified atom stereocenters. The molecule has 1 aliphatic carbocycles. The second-order valence-electron chi connectivity index (χ2n) is 6.71. The van der Waals surface area contributed by atoms with Crippen molar-refractivity contribution >= 4 is 11.8 Å². The highest BCUT2D eigenvalue weighted by atomic mass is 16.4. The molecule has 0 amide bonds. The molecule has 114 valence electrons. The third-order valence-corrected chi connectivity index (χ3v) is 4.88. The van der Waals surface area contributed by atoms with Crippen LogP contribution in [0.25, 0.3) is 0 Å². The van der Waals surface area contributed by atoms with Crippen LogP contribution in [0.15, 0.2) is 12.1 Å². The summed E-state index contributed by atoms with van der Waals surface area (Å²) in [6, 6.07) is 4.11. The molecule has 3 heteroatoms. The van der Waals surface area contributed by atoms with Gasteiger partial charge < -0.3 is 5.11 Å². The Morgan fingerprint density at radius 3 is 2.24 bits per heavy atom. The van der Waals surface area contributed by atoms with Gasteiger partial charge in [0.15, 0.2) is 5.78 Å². The normalized spacial score (nSPS) is 25.0. The minimum Gasteiger partial charge on any atom is -0.480 e. The van der Waals surface area contributed by atoms with Gasteiger partial charge in [-0.3, -0.25) is 9.59 Å². The van der Waals surface area contributed by atoms with Crippen LogP contribution in [0, 0.1) is 32.1 Å². The van der Waals surface area contributed by atoms with Crippen LogP contribution in [0.3, 0.4) is 0 Å². The fraction of sp³-hybridized carbons (Fsp3) is 0.556. The van der Waals surface area contributed by atoms with E-state index in [-0.39, 0.29) is 12.2 Å². The standard InChI is InChI=1S/C18H24O3/c1-11-5-6-18(10-11,17(20)21)16(19)9-15-13(3)7-12(2)8-14(15)4/h7-8,11H,5-6,9-10H2,1-4H3,(H,20,21). The van der Waals surface area contributed by atoms with Crippen LogP contribution in [-0.4, -0.2) is 16.9 Å². The van der Waals surface area contributed by atoms with Crippen LogP contribution < -0.4 is 0 Å². The number of ketones is 1. The second kappa shape index (κ2) is 5.63. The lowest BCUT2D eigenvalue weighted by Crippen LogP contribution is -2.38. The number of Topliss-reactive ketones (excluding diaryl/α,β-unsaturated/α-hetero) is 1. The van der Waals surface area contributed by atoms with Crippen molar-refractivity contribution in [3.63, 3.8) is 0 Å². The average molecular weight is 288 g/mol. The molecule has 0 heterocycles. The fourth-order valence-electron chi connectivity index (χ4n) is 3.68. The molecular weight excluding hydrogens is 264 g/mol. The van der Waals surface area contributed by atoms with E-state index in [1.54, 1.807) is 0 Å². The summed E-state index contributed by atoms with van der Waals surface area (Å²) in [4.78, 5) is 24.4. The summed E-state index contributed by atoms with van der Waals surface area (Å²) < 4.78 is 0. The summed E-state index contributed by atoms with van der Waals surface area (Å²) in [5.74, 6) is -0.765. The molecule has 3 nitrogen and oxygen atoms in total. The van der Waals surface area contributed by atoms with Crippen molar-refractivity contribution in [2.45, 2.75) is 53.4 Å². The van der Waals surface area contributed by atoms with E-state index < -0.39 is 11.4 Å². The van der Waals surface area contributed by atoms with Crippen molar-refractivity contribution in [3.05, 3.63) is 34.4 Å². The second-order valence-corrected chi connectivity index (χ2v) is 6.71. The summed E-state index contributed by atoms with van der Waals surface area (Å²) in [5, 5.41) is 9.59. The largest absolute Gasteiger partial charge is 0.480 e. The van der Waals surface area contributed by atoms with Crippen LogP contribution in [-0.2, 0) is 16.0 Å². The lowest BCUT2D eigenvalue weighted by Gasteiger charge is -2.23. The Hall–Kier alpha value is -1.64. The van der Waals surface area contributed by atoms with E-state index in [1.807, 2.05) is 27.7 Å². The fourth-order valence-corrected chi connectivity index (χ4v) is 3.68. The predicted octanol–water partition coefficient (Wildman–Crippen LogP) is 3.61. The minimum atomic E-state index is -1.16. The van der Waals surface area contributed by atoms with E-state index in [9.17, 15) is 14.7 Å². The van der Waals surface area contributed by atoms with Crippen LogP contribution in [0.2, 0.25) is 0 Å². The topological polar surface area (TPSA) is 54.4 Å². The Bertz CT molecular complexity index is 565. The first-order chi connectivity index (χ1) is 9.76. The first-order valence-corrected chi connectivity index (χ1v) is 7.59. The van der Waals surface area contributed by atoms with Crippen molar-refractivity contribution in [2.75, 3.05) is 0 Å². The Balaban J connectivity index is 2.31. The maximum atomic E-state index is 12.7. The summed E-state index contributed by atoms with van der Waals surface area (Å²) in [7, 11) is 0. The van der Waals surface area contributed by atoms with Gasteiger partial charge in [0.25, 0.3) is 0 Å². The highest BCUT2D eigenvalue weighted by Crippen LogP contribution is 2.43. The number of aryl methyl sites for hydroxylation is 3. The number of hydrogen-bond acceptors (Lipinski definition) is 2. The first kappa shape index (κ1) is 15.7. The van der Waals surface area contributed by atoms with E-state index in [4.69, 9.17) is 0 Å². The summed E-state index contributed by atoms with van der Waals surface area (Å²) in [6.45, 7) is 8.05. The molecule has 0 bridgehead atoms. The van der Waals surface area contributed by atoms with Gasteiger partial charge in [-0.1, -0.05) is 24.6 Å². The van der Waals surface area contributed by atoms with Gasteiger partial charge >= 0.3 is 5.97 Å². The van der Waals surface area contributed by atoms with Crippen molar-refractivity contribution in [2.24, 2.45) is 11.3 Å². The lowest BCUT2D eigenvalue weighted by atomic mass is 9.77. The molecule has 0 spiro atoms. The van der Waals surface area contributed by atoms with Gasteiger partial charge in [0, 0.05) is 6.42 Å². The molecule has 1 aliphatic rings. The number of hydrogen-bond donors (Lipinski definition) is 1. The van der Waals surface area contributed by atoms with E-state index in [2.05, 4.69) is 12.1 Å². The monoisotopic (exact) mass is 288 g/mol. The van der Waals surface area contributed by atoms with Crippen LogP contribution in [0.4, 0.5) is 0 Å². The molecule has 1 fully saturated rings. The smallest absolute Gasteiger partial charge is 0.317 e. The zero-order valence-electron chi connectivity index (χ0n) is 13.3. The van der Waals surface area contributed by atoms with Crippen LogP contribution in [0.5, 0.6) is 0 Å². The quantitative estimate of drug-likeness (QED) is 0.861. The summed E-state index contributed by atoms with van der Waals surface area (Å²) in [5.41, 5.74) is 3.15. The molecule has 0 aromatic heterocycles. The number of carboxylic acid groups (broad SMARTS) is 1. The Morgan fingerprint density at radius 2 is 1.81 bits per heavy atom. The van der Waals surface area contributed by atoms with Crippen LogP contribution >= 0.6 is 0 Å². The van der Waals surface area contributed by atoms with Crippen molar-refractivity contribution in [3.8, 4) is 0 Å². The molecule has 0 aliphatic heterocycles. The highest BCUT2D eigenvalue weighted by Gasteiger charge is 2.49. The molecule has 0 saturated heterocycles. The molecule has 0 radical (unpaired) electrons. The van der Waals surface area contributed by atoms with Crippen LogP contribution in [0.1, 0.15) is 48.4 Å². The summed E-state index contributed by atoms with van der Waals surface area (Å²) in [6.07, 6.45) is 2.01. The highest BCUT2D eigenvalue weighted by molar-refractivity contribution is 6.04. The molecule has 2 rings (SSSR count). The van der Waals surface area contributed by atoms with Gasteiger partial charge in [-0.2, -0.15) is 0 Å². The Kier molecular flexibility index (Phi) is 4.22. The Labute approximate surface area is 126 Å². The lowest BCUT2D eigenvalue weighted by molar-refractivity contribution is -0.154. The van der Waals surface area contributed by atoms with E-state index >= 15 is 0 Å². The zero-order valence-corrected chi connectivity index (χ0v) is 13.3. The molecular formula is C18H24O3. The van der Waals surface area contributed by atoms with Gasteiger partial charge in [-0.25, -0.2) is 0 Å². The third-order valence-electron chi connectivity index (χ3n) is 4.88. The number of carbonyl (C=O) groups excluding carboxylic acids is 1. The van der Waals surface area contributed by atoms with Gasteiger partial charge in [0.05, 0.1) is 0 Å². The predicted molar refractivity (Wildman–Crippen MR) is 82.4 cm³/mol. The van der Waals surface area contributed by atoms with Crippen molar-refractivity contribution in [1.82, 2.24) is 0 Å². The minimum absolute atomic E-state index is 0.130. The van der Waals surface area contributed by atoms with Gasteiger partial charge in [-0.15, -0.1) is 0 Å². The number of carbonyl (C=O) groups is 2. The van der Waals surface area contributed by atoms with Crippen molar-refractivity contribution < 1.29 is 14.7 Å². The number of carboxylic acids is 1. The number of benzene rings is 1. The van der Waals surface area contributed by atoms with E-state index in [0.29, 0.717) is 18.8 Å². The van der Waals surface area contributed by atoms with E-state index in [0.717, 1.165) is 23.1 Å². The molecule has 1 aromatic rings. The molecule has 1 N–H and O–H groups in total. The van der Waals surface area contributed by atoms with Gasteiger partial charge in [-0.05, 0) is 62.6 Å². The third kappa shape index (κ3) is 2.87. The molecule has 2 atom stereocenters. The molecule has 1 aromatic carbocycles. The zero-order chi connectivity index (χ0) is 15.8. The summed E-state index contributed by atoms with van der Waals surface area (Å²) >= 11 is 0. The molecule has 1 saturated carbocycles. The average Bonchev–Trinajstić information content (AvgIpc) is 2.77. The Morgan fingerprint density at radius 1 is 1.24 bits per heavy atom. The number of rotatable bonds is 4. The van der Waals surface area contributed by atoms with Gasteiger partial charge in [0.1, 0.15) is 5.41 Å². The number of aliphatic carboxylic acids is 1. The van der Waals surface area contributed by atoms with E-state index in [1.165, 1.54) is 5.56 Å². The molecule has 21 heavy (non-hydrogen) atoms. The SMILES string of the molecule is Cc1cc(C)c(CC(=O)C2(C(=O)O)CCC(C)C2)c(C)c1. The first-order valence-electron chi connectivity index (χ1n) is 7.59. The maximum absolute atomic E-state index is 12.7. The maximum Gasteiger partial charge on any atom is 0.317 e. The van der Waals surface area contributed by atoms with Gasteiger partial charge in [0.2, 0.25) is 0 Å².